The Labute approximate surface area is 187 Å². The molecule has 0 spiro atoms. The lowest BCUT2D eigenvalue weighted by atomic mass is 9.98. The molecule has 6 nitrogen and oxygen atoms in total. The van der Waals surface area contributed by atoms with Crippen LogP contribution in [0.3, 0.4) is 0 Å². The Kier molecular flexibility index (Phi) is 6.92. The first-order valence-electron chi connectivity index (χ1n) is 10.7. The number of carbonyl (C=O) groups excluding carboxylic acids is 1. The van der Waals surface area contributed by atoms with Crippen molar-refractivity contribution in [2.75, 3.05) is 36.8 Å². The molecule has 1 unspecified atom stereocenters. The van der Waals surface area contributed by atoms with Gasteiger partial charge in [0, 0.05) is 38.3 Å². The summed E-state index contributed by atoms with van der Waals surface area (Å²) in [5.41, 5.74) is 3.73. The first kappa shape index (κ1) is 21.4. The highest BCUT2D eigenvalue weighted by molar-refractivity contribution is 7.99. The second-order valence-electron chi connectivity index (χ2n) is 7.97. The predicted octanol–water partition coefficient (Wildman–Crippen LogP) is 4.17. The van der Waals surface area contributed by atoms with Crippen molar-refractivity contribution < 1.29 is 9.21 Å². The monoisotopic (exact) mass is 436 g/mol. The average Bonchev–Trinajstić information content (AvgIpc) is 3.25. The number of benzene rings is 2. The normalized spacial score (nSPS) is 15.2. The third-order valence-electron chi connectivity index (χ3n) is 5.62. The Hall–Kier alpha value is -2.80. The quantitative estimate of drug-likeness (QED) is 0.518. The highest BCUT2D eigenvalue weighted by Gasteiger charge is 2.22. The molecule has 0 bridgehead atoms. The van der Waals surface area contributed by atoms with Gasteiger partial charge in [-0.1, -0.05) is 61.2 Å². The van der Waals surface area contributed by atoms with Crippen molar-refractivity contribution in [3.8, 4) is 0 Å². The Morgan fingerprint density at radius 1 is 1.06 bits per heavy atom. The summed E-state index contributed by atoms with van der Waals surface area (Å²) in [4.78, 5) is 16.9. The third kappa shape index (κ3) is 5.67. The van der Waals surface area contributed by atoms with Crippen LogP contribution in [0, 0.1) is 6.92 Å². The summed E-state index contributed by atoms with van der Waals surface area (Å²) < 4.78 is 5.76. The molecule has 1 aliphatic rings. The van der Waals surface area contributed by atoms with Crippen LogP contribution < -0.4 is 4.90 Å². The van der Waals surface area contributed by atoms with E-state index in [4.69, 9.17) is 4.42 Å². The van der Waals surface area contributed by atoms with Gasteiger partial charge in [0.1, 0.15) is 0 Å². The van der Waals surface area contributed by atoms with E-state index in [1.54, 1.807) is 0 Å². The Balaban J connectivity index is 1.23. The number of hydrogen-bond donors (Lipinski definition) is 0. The molecule has 1 aliphatic heterocycles. The van der Waals surface area contributed by atoms with Crippen LogP contribution >= 0.6 is 11.8 Å². The molecule has 7 heteroatoms. The zero-order chi connectivity index (χ0) is 21.6. The molecule has 1 fully saturated rings. The van der Waals surface area contributed by atoms with Crippen molar-refractivity contribution in [3.63, 3.8) is 0 Å². The summed E-state index contributed by atoms with van der Waals surface area (Å²) >= 11 is 1.32. The maximum absolute atomic E-state index is 12.6. The Bertz CT molecular complexity index is 1000. The number of aryl methyl sites for hydroxylation is 1. The molecule has 4 rings (SSSR count). The summed E-state index contributed by atoms with van der Waals surface area (Å²) in [7, 11) is 0. The summed E-state index contributed by atoms with van der Waals surface area (Å²) in [6, 6.07) is 18.8. The molecule has 1 saturated heterocycles. The van der Waals surface area contributed by atoms with Crippen molar-refractivity contribution in [2.45, 2.75) is 31.4 Å². The van der Waals surface area contributed by atoms with Crippen LogP contribution in [-0.2, 0) is 11.2 Å². The van der Waals surface area contributed by atoms with Crippen molar-refractivity contribution in [1.29, 1.82) is 0 Å². The molecule has 162 valence electrons. The van der Waals surface area contributed by atoms with Crippen molar-refractivity contribution in [1.82, 2.24) is 15.1 Å². The number of carbonyl (C=O) groups is 1. The van der Waals surface area contributed by atoms with Gasteiger partial charge in [0.2, 0.25) is 11.8 Å². The second-order valence-corrected chi connectivity index (χ2v) is 8.90. The van der Waals surface area contributed by atoms with Crippen molar-refractivity contribution >= 4 is 23.4 Å². The lowest BCUT2D eigenvalue weighted by Crippen LogP contribution is -2.49. The fraction of sp³-hybridized carbons (Fsp3) is 0.375. The minimum Gasteiger partial charge on any atom is -0.416 e. The fourth-order valence-electron chi connectivity index (χ4n) is 3.79. The average molecular weight is 437 g/mol. The van der Waals surface area contributed by atoms with E-state index in [1.807, 2.05) is 23.1 Å². The van der Waals surface area contributed by atoms with Gasteiger partial charge in [0.05, 0.1) is 5.75 Å². The number of aromatic nitrogens is 2. The first-order chi connectivity index (χ1) is 15.1. The summed E-state index contributed by atoms with van der Waals surface area (Å²) in [5.74, 6) is 1.34. The largest absolute Gasteiger partial charge is 0.416 e. The number of anilines is 1. The number of amides is 1. The van der Waals surface area contributed by atoms with E-state index in [9.17, 15) is 4.79 Å². The number of nitrogens with zero attached hydrogens (tertiary/aromatic N) is 4. The van der Waals surface area contributed by atoms with Crippen molar-refractivity contribution in [2.24, 2.45) is 0 Å². The van der Waals surface area contributed by atoms with E-state index in [0.29, 0.717) is 29.2 Å². The number of hydrogen-bond acceptors (Lipinski definition) is 6. The molecule has 0 N–H and O–H groups in total. The van der Waals surface area contributed by atoms with Gasteiger partial charge in [0.15, 0.2) is 0 Å². The van der Waals surface area contributed by atoms with E-state index in [-0.39, 0.29) is 5.91 Å². The van der Waals surface area contributed by atoms with Gasteiger partial charge in [0.25, 0.3) is 5.22 Å². The molecule has 3 aromatic rings. The SMILES string of the molecule is Cc1cccc(N2CCN(C(=O)CSc3nnc(CC(C)c4ccccc4)o3)CC2)c1. The van der Waals surface area contributed by atoms with Gasteiger partial charge in [-0.15, -0.1) is 10.2 Å². The molecule has 1 atom stereocenters. The number of rotatable bonds is 7. The maximum atomic E-state index is 12.6. The minimum absolute atomic E-state index is 0.117. The molecule has 1 amide bonds. The lowest BCUT2D eigenvalue weighted by Gasteiger charge is -2.36. The number of thioether (sulfide) groups is 1. The summed E-state index contributed by atoms with van der Waals surface area (Å²) in [5, 5.41) is 8.72. The maximum Gasteiger partial charge on any atom is 0.277 e. The molecule has 31 heavy (non-hydrogen) atoms. The summed E-state index contributed by atoms with van der Waals surface area (Å²) in [6.45, 7) is 7.41. The van der Waals surface area contributed by atoms with E-state index in [1.165, 1.54) is 28.6 Å². The first-order valence-corrected chi connectivity index (χ1v) is 11.7. The van der Waals surface area contributed by atoms with Crippen LogP contribution in [-0.4, -0.2) is 52.9 Å². The van der Waals surface area contributed by atoms with E-state index in [2.05, 4.69) is 65.3 Å². The molecular weight excluding hydrogens is 408 g/mol. The van der Waals surface area contributed by atoms with Crippen LogP contribution in [0.25, 0.3) is 0 Å². The van der Waals surface area contributed by atoms with Crippen LogP contribution in [0.5, 0.6) is 0 Å². The van der Waals surface area contributed by atoms with Gasteiger partial charge >= 0.3 is 0 Å². The summed E-state index contributed by atoms with van der Waals surface area (Å²) in [6.07, 6.45) is 0.687. The Morgan fingerprint density at radius 3 is 2.58 bits per heavy atom. The van der Waals surface area contributed by atoms with Crippen LogP contribution in [0.2, 0.25) is 0 Å². The van der Waals surface area contributed by atoms with Gasteiger partial charge in [-0.2, -0.15) is 0 Å². The van der Waals surface area contributed by atoms with Gasteiger partial charge < -0.3 is 14.2 Å². The van der Waals surface area contributed by atoms with Gasteiger partial charge in [-0.05, 0) is 36.1 Å². The van der Waals surface area contributed by atoms with Crippen LogP contribution in [0.1, 0.15) is 29.9 Å². The molecule has 0 aliphatic carbocycles. The standard InChI is InChI=1S/C24H28N4O2S/c1-18-7-6-10-21(15-18)27-11-13-28(14-12-27)23(29)17-31-24-26-25-22(30-24)16-19(2)20-8-4-3-5-9-20/h3-10,15,19H,11-14,16-17H2,1-2H3. The fourth-order valence-corrected chi connectivity index (χ4v) is 4.48. The minimum atomic E-state index is 0.117. The smallest absolute Gasteiger partial charge is 0.277 e. The lowest BCUT2D eigenvalue weighted by molar-refractivity contribution is -0.128. The van der Waals surface area contributed by atoms with Gasteiger partial charge in [-0.25, -0.2) is 0 Å². The zero-order valence-electron chi connectivity index (χ0n) is 18.0. The molecule has 2 heterocycles. The second kappa shape index (κ2) is 10.0. The molecule has 1 aromatic heterocycles. The van der Waals surface area contributed by atoms with E-state index < -0.39 is 0 Å². The van der Waals surface area contributed by atoms with Crippen LogP contribution in [0.4, 0.5) is 5.69 Å². The topological polar surface area (TPSA) is 62.5 Å². The Morgan fingerprint density at radius 2 is 1.84 bits per heavy atom. The molecule has 0 saturated carbocycles. The van der Waals surface area contributed by atoms with E-state index in [0.717, 1.165) is 26.2 Å². The zero-order valence-corrected chi connectivity index (χ0v) is 18.8. The highest BCUT2D eigenvalue weighted by atomic mass is 32.2. The number of piperazine rings is 1. The highest BCUT2D eigenvalue weighted by Crippen LogP contribution is 2.23. The van der Waals surface area contributed by atoms with Gasteiger partial charge in [-0.3, -0.25) is 4.79 Å². The van der Waals surface area contributed by atoms with Crippen LogP contribution in [0.15, 0.2) is 64.2 Å². The molecule has 2 aromatic carbocycles. The molecular formula is C24H28N4O2S. The third-order valence-corrected chi connectivity index (χ3v) is 6.42. The van der Waals surface area contributed by atoms with E-state index >= 15 is 0 Å². The predicted molar refractivity (Wildman–Crippen MR) is 124 cm³/mol. The van der Waals surface area contributed by atoms with Crippen molar-refractivity contribution in [3.05, 3.63) is 71.6 Å². The molecule has 0 radical (unpaired) electrons.